The van der Waals surface area contributed by atoms with Gasteiger partial charge >= 0.3 is 6.09 Å². The van der Waals surface area contributed by atoms with E-state index in [4.69, 9.17) is 11.6 Å². The van der Waals surface area contributed by atoms with Crippen LogP contribution >= 0.6 is 11.6 Å². The molecule has 0 saturated heterocycles. The van der Waals surface area contributed by atoms with E-state index in [9.17, 15) is 9.90 Å². The zero-order valence-corrected chi connectivity index (χ0v) is 12.6. The van der Waals surface area contributed by atoms with E-state index < -0.39 is 11.7 Å². The molecule has 0 aromatic heterocycles. The summed E-state index contributed by atoms with van der Waals surface area (Å²) in [6.07, 6.45) is 1.96. The number of nitrogens with one attached hydrogen (secondary N) is 1. The fraction of sp³-hybridized carbons (Fsp3) is 0.438. The Bertz CT molecular complexity index is 568. The van der Waals surface area contributed by atoms with Gasteiger partial charge in [-0.25, -0.2) is 4.79 Å². The monoisotopic (exact) mass is 307 g/mol. The van der Waals surface area contributed by atoms with Crippen molar-refractivity contribution in [2.24, 2.45) is 0 Å². The fourth-order valence-corrected chi connectivity index (χ4v) is 2.54. The molecule has 0 radical (unpaired) electrons. The number of hydrogen-bond acceptors (Lipinski definition) is 3. The molecule has 1 amide bonds. The van der Waals surface area contributed by atoms with E-state index in [2.05, 4.69) is 21.9 Å². The molecule has 1 aliphatic rings. The number of methoxy groups -OCH3 is 1. The van der Waals surface area contributed by atoms with Gasteiger partial charge in [-0.3, -0.25) is 0 Å². The van der Waals surface area contributed by atoms with Gasteiger partial charge in [-0.1, -0.05) is 29.5 Å². The molecule has 21 heavy (non-hydrogen) atoms. The standard InChI is InChI=1S/C16H18ClNO3/c1-21-15(19)18-14-6-9-16(20,10-7-14)8-5-12-3-2-4-13(17)11-12/h2-4,11,14,20H,6-7,9-10H2,1H3,(H,18,19)/t14-,16+. The Morgan fingerprint density at radius 2 is 2.19 bits per heavy atom. The van der Waals surface area contributed by atoms with Crippen LogP contribution in [0, 0.1) is 11.8 Å². The van der Waals surface area contributed by atoms with Crippen LogP contribution in [0.2, 0.25) is 5.02 Å². The van der Waals surface area contributed by atoms with Crippen molar-refractivity contribution in [2.75, 3.05) is 7.11 Å². The highest BCUT2D eigenvalue weighted by atomic mass is 35.5. The summed E-state index contributed by atoms with van der Waals surface area (Å²) >= 11 is 5.90. The Labute approximate surface area is 129 Å². The maximum Gasteiger partial charge on any atom is 0.407 e. The third kappa shape index (κ3) is 4.66. The largest absolute Gasteiger partial charge is 0.453 e. The minimum absolute atomic E-state index is 0.0331. The third-order valence-corrected chi connectivity index (χ3v) is 3.82. The molecule has 2 N–H and O–H groups in total. The van der Waals surface area contributed by atoms with Gasteiger partial charge in [0.15, 0.2) is 0 Å². The lowest BCUT2D eigenvalue weighted by molar-refractivity contribution is 0.0503. The summed E-state index contributed by atoms with van der Waals surface area (Å²) in [4.78, 5) is 11.1. The predicted molar refractivity (Wildman–Crippen MR) is 81.1 cm³/mol. The molecular weight excluding hydrogens is 290 g/mol. The van der Waals surface area contributed by atoms with Crippen LogP contribution in [0.25, 0.3) is 0 Å². The zero-order valence-electron chi connectivity index (χ0n) is 11.9. The SMILES string of the molecule is COC(=O)N[C@H]1CC[C@](O)(C#Cc2cccc(Cl)c2)CC1. The van der Waals surface area contributed by atoms with Crippen molar-refractivity contribution in [2.45, 2.75) is 37.3 Å². The van der Waals surface area contributed by atoms with Crippen LogP contribution in [0.5, 0.6) is 0 Å². The Kier molecular flexibility index (Phi) is 5.11. The molecule has 112 valence electrons. The maximum absolute atomic E-state index is 11.1. The lowest BCUT2D eigenvalue weighted by Crippen LogP contribution is -2.42. The smallest absolute Gasteiger partial charge is 0.407 e. The normalized spacial score (nSPS) is 24.6. The van der Waals surface area contributed by atoms with Crippen molar-refractivity contribution in [1.82, 2.24) is 5.32 Å². The fourth-order valence-electron chi connectivity index (χ4n) is 2.35. The van der Waals surface area contributed by atoms with Crippen LogP contribution in [-0.2, 0) is 4.74 Å². The number of ether oxygens (including phenoxy) is 1. The molecule has 1 fully saturated rings. The van der Waals surface area contributed by atoms with Crippen LogP contribution in [0.1, 0.15) is 31.2 Å². The summed E-state index contributed by atoms with van der Waals surface area (Å²) < 4.78 is 4.57. The van der Waals surface area contributed by atoms with Crippen LogP contribution in [0.3, 0.4) is 0 Å². The van der Waals surface area contributed by atoms with Gasteiger partial charge in [0.05, 0.1) is 7.11 Å². The molecule has 0 aliphatic heterocycles. The highest BCUT2D eigenvalue weighted by Crippen LogP contribution is 2.28. The Morgan fingerprint density at radius 1 is 1.48 bits per heavy atom. The number of aliphatic hydroxyl groups is 1. The summed E-state index contributed by atoms with van der Waals surface area (Å²) in [7, 11) is 1.34. The number of benzene rings is 1. The summed E-state index contributed by atoms with van der Waals surface area (Å²) in [5.41, 5.74) is -0.220. The second kappa shape index (κ2) is 6.84. The summed E-state index contributed by atoms with van der Waals surface area (Å²) in [6.45, 7) is 0. The van der Waals surface area contributed by atoms with Crippen LogP contribution in [-0.4, -0.2) is 30.0 Å². The van der Waals surface area contributed by atoms with Crippen molar-refractivity contribution in [3.05, 3.63) is 34.9 Å². The minimum Gasteiger partial charge on any atom is -0.453 e. The average Bonchev–Trinajstić information content (AvgIpc) is 2.48. The van der Waals surface area contributed by atoms with E-state index in [1.807, 2.05) is 12.1 Å². The van der Waals surface area contributed by atoms with Gasteiger partial charge in [0.25, 0.3) is 0 Å². The van der Waals surface area contributed by atoms with E-state index in [0.717, 1.165) is 5.56 Å². The van der Waals surface area contributed by atoms with Crippen molar-refractivity contribution in [3.63, 3.8) is 0 Å². The molecule has 1 aromatic rings. The average molecular weight is 308 g/mol. The van der Waals surface area contributed by atoms with Crippen molar-refractivity contribution in [3.8, 4) is 11.8 Å². The summed E-state index contributed by atoms with van der Waals surface area (Å²) in [6, 6.07) is 7.26. The van der Waals surface area contributed by atoms with E-state index in [-0.39, 0.29) is 6.04 Å². The number of carbonyl (C=O) groups excluding carboxylic acids is 1. The van der Waals surface area contributed by atoms with Gasteiger partial charge in [-0.15, -0.1) is 0 Å². The Hall–Kier alpha value is -1.70. The van der Waals surface area contributed by atoms with Crippen LogP contribution in [0.15, 0.2) is 24.3 Å². The first-order chi connectivity index (χ1) is 10.0. The molecule has 0 atom stereocenters. The summed E-state index contributed by atoms with van der Waals surface area (Å²) in [5.74, 6) is 5.90. The first-order valence-corrected chi connectivity index (χ1v) is 7.24. The predicted octanol–water partition coefficient (Wildman–Crippen LogP) is 2.72. The third-order valence-electron chi connectivity index (χ3n) is 3.58. The number of carbonyl (C=O) groups is 1. The number of alkyl carbamates (subject to hydrolysis) is 1. The topological polar surface area (TPSA) is 58.6 Å². The number of amides is 1. The molecule has 5 heteroatoms. The van der Waals surface area contributed by atoms with E-state index in [1.54, 1.807) is 12.1 Å². The first-order valence-electron chi connectivity index (χ1n) is 6.86. The van der Waals surface area contributed by atoms with Crippen LogP contribution < -0.4 is 5.32 Å². The summed E-state index contributed by atoms with van der Waals surface area (Å²) in [5, 5.41) is 13.8. The van der Waals surface area contributed by atoms with Crippen LogP contribution in [0.4, 0.5) is 4.79 Å². The number of rotatable bonds is 1. The molecular formula is C16H18ClNO3. The molecule has 1 aliphatic carbocycles. The molecule has 4 nitrogen and oxygen atoms in total. The molecule has 1 saturated carbocycles. The van der Waals surface area contributed by atoms with E-state index in [1.165, 1.54) is 7.11 Å². The van der Waals surface area contributed by atoms with Gasteiger partial charge in [0, 0.05) is 16.6 Å². The maximum atomic E-state index is 11.1. The Morgan fingerprint density at radius 3 is 2.81 bits per heavy atom. The van der Waals surface area contributed by atoms with E-state index in [0.29, 0.717) is 30.7 Å². The van der Waals surface area contributed by atoms with Crippen molar-refractivity contribution in [1.29, 1.82) is 0 Å². The molecule has 0 bridgehead atoms. The van der Waals surface area contributed by atoms with Gasteiger partial charge < -0.3 is 15.2 Å². The highest BCUT2D eigenvalue weighted by molar-refractivity contribution is 6.30. The second-order valence-corrected chi connectivity index (χ2v) is 5.64. The lowest BCUT2D eigenvalue weighted by atomic mass is 9.82. The van der Waals surface area contributed by atoms with Crippen molar-refractivity contribution < 1.29 is 14.6 Å². The molecule has 2 rings (SSSR count). The van der Waals surface area contributed by atoms with Gasteiger partial charge in [-0.05, 0) is 43.9 Å². The van der Waals surface area contributed by atoms with Gasteiger partial charge in [0.1, 0.15) is 5.60 Å². The zero-order chi connectivity index (χ0) is 15.3. The van der Waals surface area contributed by atoms with Gasteiger partial charge in [-0.2, -0.15) is 0 Å². The first kappa shape index (κ1) is 15.7. The molecule has 0 unspecified atom stereocenters. The van der Waals surface area contributed by atoms with Gasteiger partial charge in [0.2, 0.25) is 0 Å². The molecule has 0 heterocycles. The van der Waals surface area contributed by atoms with Crippen molar-refractivity contribution >= 4 is 17.7 Å². The molecule has 0 spiro atoms. The number of halogens is 1. The molecule has 1 aromatic carbocycles. The second-order valence-electron chi connectivity index (χ2n) is 5.20. The number of hydrogen-bond donors (Lipinski definition) is 2. The lowest BCUT2D eigenvalue weighted by Gasteiger charge is -2.32. The van der Waals surface area contributed by atoms with E-state index >= 15 is 0 Å². The highest BCUT2D eigenvalue weighted by Gasteiger charge is 2.32. The quantitative estimate of drug-likeness (QED) is 0.784. The minimum atomic E-state index is -1.00. The Balaban J connectivity index is 1.95.